The largest absolute Gasteiger partial charge is 0.349 e. The van der Waals surface area contributed by atoms with Crippen molar-refractivity contribution in [3.8, 4) is 0 Å². The van der Waals surface area contributed by atoms with Crippen molar-refractivity contribution in [3.63, 3.8) is 0 Å². The molecule has 1 saturated carbocycles. The first-order chi connectivity index (χ1) is 6.98. The number of aromatic nitrogens is 1. The van der Waals surface area contributed by atoms with Crippen molar-refractivity contribution in [1.82, 2.24) is 4.57 Å². The molecule has 1 fully saturated rings. The van der Waals surface area contributed by atoms with Crippen LogP contribution in [0, 0.1) is 18.3 Å². The normalized spacial score (nSPS) is 30.4. The fourth-order valence-corrected chi connectivity index (χ4v) is 3.40. The van der Waals surface area contributed by atoms with Crippen molar-refractivity contribution >= 4 is 0 Å². The zero-order chi connectivity index (χ0) is 11.1. The Kier molecular flexibility index (Phi) is 2.66. The second kappa shape index (κ2) is 3.70. The van der Waals surface area contributed by atoms with E-state index in [-0.39, 0.29) is 0 Å². The van der Waals surface area contributed by atoms with Gasteiger partial charge in [0.1, 0.15) is 0 Å². The number of hydrogen-bond acceptors (Lipinski definition) is 0. The van der Waals surface area contributed by atoms with Gasteiger partial charge in [-0.15, -0.1) is 0 Å². The molecular formula is C14H23N. The van der Waals surface area contributed by atoms with Crippen molar-refractivity contribution in [2.75, 3.05) is 0 Å². The van der Waals surface area contributed by atoms with E-state index in [1.165, 1.54) is 25.0 Å². The third-order valence-electron chi connectivity index (χ3n) is 3.75. The van der Waals surface area contributed by atoms with Crippen LogP contribution in [-0.2, 0) is 0 Å². The molecule has 2 rings (SSSR count). The molecule has 0 N–H and O–H groups in total. The smallest absolute Gasteiger partial charge is 0.0340 e. The molecule has 1 aromatic heterocycles. The van der Waals surface area contributed by atoms with Gasteiger partial charge in [0.25, 0.3) is 0 Å². The van der Waals surface area contributed by atoms with E-state index >= 15 is 0 Å². The summed E-state index contributed by atoms with van der Waals surface area (Å²) in [5.74, 6) is 0.862. The first-order valence-corrected chi connectivity index (χ1v) is 6.11. The third kappa shape index (κ3) is 2.27. The molecule has 0 bridgehead atoms. The highest BCUT2D eigenvalue weighted by Gasteiger charge is 2.32. The van der Waals surface area contributed by atoms with Crippen LogP contribution in [0.25, 0.3) is 0 Å². The summed E-state index contributed by atoms with van der Waals surface area (Å²) in [6, 6.07) is 5.10. The lowest BCUT2D eigenvalue weighted by Crippen LogP contribution is -2.29. The molecule has 2 atom stereocenters. The van der Waals surface area contributed by atoms with Crippen LogP contribution in [0.15, 0.2) is 18.3 Å². The summed E-state index contributed by atoms with van der Waals surface area (Å²) in [5, 5.41) is 0. The minimum atomic E-state index is 0.513. The lowest BCUT2D eigenvalue weighted by molar-refractivity contribution is 0.136. The van der Waals surface area contributed by atoms with Crippen LogP contribution in [-0.4, -0.2) is 4.57 Å². The fraction of sp³-hybridized carbons (Fsp3) is 0.714. The fourth-order valence-electron chi connectivity index (χ4n) is 3.40. The highest BCUT2D eigenvalue weighted by molar-refractivity contribution is 5.07. The minimum absolute atomic E-state index is 0.513. The van der Waals surface area contributed by atoms with Gasteiger partial charge in [-0.05, 0) is 49.7 Å². The van der Waals surface area contributed by atoms with E-state index in [0.29, 0.717) is 5.41 Å². The van der Waals surface area contributed by atoms with E-state index in [2.05, 4.69) is 50.6 Å². The molecule has 0 amide bonds. The highest BCUT2D eigenvalue weighted by Crippen LogP contribution is 2.44. The summed E-state index contributed by atoms with van der Waals surface area (Å²) in [6.07, 6.45) is 6.30. The monoisotopic (exact) mass is 205 g/mol. The van der Waals surface area contributed by atoms with Gasteiger partial charge in [-0.2, -0.15) is 0 Å². The van der Waals surface area contributed by atoms with Crippen LogP contribution in [0.3, 0.4) is 0 Å². The summed E-state index contributed by atoms with van der Waals surface area (Å²) in [6.45, 7) is 9.43. The van der Waals surface area contributed by atoms with Crippen LogP contribution >= 0.6 is 0 Å². The predicted molar refractivity (Wildman–Crippen MR) is 65.0 cm³/mol. The predicted octanol–water partition coefficient (Wildman–Crippen LogP) is 4.18. The Morgan fingerprint density at radius 2 is 2.07 bits per heavy atom. The van der Waals surface area contributed by atoms with Gasteiger partial charge < -0.3 is 4.57 Å². The molecule has 0 aromatic carbocycles. The van der Waals surface area contributed by atoms with Gasteiger partial charge in [0.2, 0.25) is 0 Å². The zero-order valence-electron chi connectivity index (χ0n) is 10.5. The summed E-state index contributed by atoms with van der Waals surface area (Å²) >= 11 is 0. The van der Waals surface area contributed by atoms with Crippen LogP contribution in [0.1, 0.15) is 51.8 Å². The SMILES string of the molecule is Cc1cccn1C1CC(C)CC(C)(C)C1. The first kappa shape index (κ1) is 10.8. The molecular weight excluding hydrogens is 182 g/mol. The number of aryl methyl sites for hydroxylation is 1. The Bertz CT molecular complexity index is 335. The Balaban J connectivity index is 2.20. The van der Waals surface area contributed by atoms with Crippen molar-refractivity contribution in [3.05, 3.63) is 24.0 Å². The van der Waals surface area contributed by atoms with Gasteiger partial charge in [-0.1, -0.05) is 20.8 Å². The van der Waals surface area contributed by atoms with Crippen molar-refractivity contribution in [2.45, 2.75) is 53.0 Å². The van der Waals surface area contributed by atoms with Crippen molar-refractivity contribution in [2.24, 2.45) is 11.3 Å². The van der Waals surface area contributed by atoms with Crippen LogP contribution in [0.5, 0.6) is 0 Å². The van der Waals surface area contributed by atoms with Gasteiger partial charge in [0.15, 0.2) is 0 Å². The maximum absolute atomic E-state index is 2.47. The summed E-state index contributed by atoms with van der Waals surface area (Å²) < 4.78 is 2.47. The van der Waals surface area contributed by atoms with Crippen LogP contribution in [0.4, 0.5) is 0 Å². The van der Waals surface area contributed by atoms with Crippen LogP contribution in [0.2, 0.25) is 0 Å². The maximum atomic E-state index is 2.47. The lowest BCUT2D eigenvalue weighted by Gasteiger charge is -2.40. The van der Waals surface area contributed by atoms with E-state index in [1.807, 2.05) is 0 Å². The molecule has 0 spiro atoms. The zero-order valence-corrected chi connectivity index (χ0v) is 10.5. The second-order valence-corrected chi connectivity index (χ2v) is 6.12. The second-order valence-electron chi connectivity index (χ2n) is 6.12. The van der Waals surface area contributed by atoms with Gasteiger partial charge in [0, 0.05) is 17.9 Å². The van der Waals surface area contributed by atoms with Crippen molar-refractivity contribution in [1.29, 1.82) is 0 Å². The summed E-state index contributed by atoms with van der Waals surface area (Å²) in [5.41, 5.74) is 1.92. The van der Waals surface area contributed by atoms with Crippen LogP contribution < -0.4 is 0 Å². The minimum Gasteiger partial charge on any atom is -0.349 e. The molecule has 1 heterocycles. The molecule has 0 radical (unpaired) electrons. The standard InChI is InChI=1S/C14H23N/c1-11-8-13(10-14(3,4)9-11)15-7-5-6-12(15)2/h5-7,11,13H,8-10H2,1-4H3. The first-order valence-electron chi connectivity index (χ1n) is 6.11. The Labute approximate surface area is 93.5 Å². The summed E-state index contributed by atoms with van der Waals surface area (Å²) in [4.78, 5) is 0. The van der Waals surface area contributed by atoms with E-state index < -0.39 is 0 Å². The number of rotatable bonds is 1. The molecule has 1 aromatic rings. The van der Waals surface area contributed by atoms with Crippen molar-refractivity contribution < 1.29 is 0 Å². The molecule has 1 nitrogen and oxygen atoms in total. The molecule has 1 aliphatic carbocycles. The van der Waals surface area contributed by atoms with Gasteiger partial charge in [-0.25, -0.2) is 0 Å². The van der Waals surface area contributed by atoms with E-state index in [4.69, 9.17) is 0 Å². The van der Waals surface area contributed by atoms with Gasteiger partial charge in [-0.3, -0.25) is 0 Å². The van der Waals surface area contributed by atoms with E-state index in [1.54, 1.807) is 0 Å². The molecule has 1 heteroatoms. The highest BCUT2D eigenvalue weighted by atomic mass is 15.0. The quantitative estimate of drug-likeness (QED) is 0.648. The van der Waals surface area contributed by atoms with Gasteiger partial charge >= 0.3 is 0 Å². The molecule has 15 heavy (non-hydrogen) atoms. The molecule has 84 valence electrons. The molecule has 0 aliphatic heterocycles. The van der Waals surface area contributed by atoms with E-state index in [9.17, 15) is 0 Å². The average Bonchev–Trinajstić information content (AvgIpc) is 2.47. The topological polar surface area (TPSA) is 4.93 Å². The lowest BCUT2D eigenvalue weighted by atomic mass is 9.70. The maximum Gasteiger partial charge on any atom is 0.0340 e. The Morgan fingerprint density at radius 3 is 2.60 bits per heavy atom. The molecule has 1 aliphatic rings. The Hall–Kier alpha value is -0.720. The average molecular weight is 205 g/mol. The van der Waals surface area contributed by atoms with E-state index in [0.717, 1.165) is 12.0 Å². The number of hydrogen-bond donors (Lipinski definition) is 0. The number of nitrogens with zero attached hydrogens (tertiary/aromatic N) is 1. The third-order valence-corrected chi connectivity index (χ3v) is 3.75. The molecule has 0 saturated heterocycles. The molecule has 2 unspecified atom stereocenters. The summed E-state index contributed by atoms with van der Waals surface area (Å²) in [7, 11) is 0. The Morgan fingerprint density at radius 1 is 1.33 bits per heavy atom. The van der Waals surface area contributed by atoms with Gasteiger partial charge in [0.05, 0.1) is 0 Å².